The van der Waals surface area contributed by atoms with E-state index in [0.717, 1.165) is 45.5 Å². The second-order valence-corrected chi connectivity index (χ2v) is 12.8. The third-order valence-corrected chi connectivity index (χ3v) is 8.26. The fourth-order valence-electron chi connectivity index (χ4n) is 2.62. The molecule has 0 aliphatic heterocycles. The molecule has 7 nitrogen and oxygen atoms in total. The van der Waals surface area contributed by atoms with E-state index in [2.05, 4.69) is 53.8 Å². The van der Waals surface area contributed by atoms with Crippen molar-refractivity contribution in [2.45, 2.75) is 96.9 Å². The van der Waals surface area contributed by atoms with Crippen LogP contribution in [0.4, 0.5) is 4.79 Å². The molecular formula is C25H51NO6S2. The number of carbonyl (C=O) groups excluding carboxylic acids is 1. The van der Waals surface area contributed by atoms with Crippen molar-refractivity contribution in [3.63, 3.8) is 0 Å². The van der Waals surface area contributed by atoms with Crippen LogP contribution in [0, 0.1) is 5.92 Å². The molecule has 204 valence electrons. The quantitative estimate of drug-likeness (QED) is 0.0946. The molecule has 9 heteroatoms. The lowest BCUT2D eigenvalue weighted by Gasteiger charge is -2.24. The normalized spacial score (nSPS) is 13.0. The second-order valence-electron chi connectivity index (χ2n) is 9.58. The van der Waals surface area contributed by atoms with Crippen LogP contribution in [0.3, 0.4) is 0 Å². The van der Waals surface area contributed by atoms with Crippen LogP contribution in [0.25, 0.3) is 0 Å². The summed E-state index contributed by atoms with van der Waals surface area (Å²) < 4.78 is 27.7. The van der Waals surface area contributed by atoms with Crippen LogP contribution < -0.4 is 5.32 Å². The lowest BCUT2D eigenvalue weighted by Crippen LogP contribution is -2.29. The predicted molar refractivity (Wildman–Crippen MR) is 145 cm³/mol. The molecular weight excluding hydrogens is 474 g/mol. The van der Waals surface area contributed by atoms with Crippen LogP contribution in [0.15, 0.2) is 0 Å². The molecule has 0 spiro atoms. The van der Waals surface area contributed by atoms with Crippen molar-refractivity contribution in [3.8, 4) is 0 Å². The summed E-state index contributed by atoms with van der Waals surface area (Å²) in [5.41, 5.74) is 0.116. The van der Waals surface area contributed by atoms with Crippen molar-refractivity contribution in [1.29, 1.82) is 0 Å². The van der Waals surface area contributed by atoms with Crippen LogP contribution in [0.1, 0.15) is 80.6 Å². The Hall–Kier alpha value is -0.190. The van der Waals surface area contributed by atoms with E-state index in [1.165, 1.54) is 6.42 Å². The Kier molecular flexibility index (Phi) is 21.9. The summed E-state index contributed by atoms with van der Waals surface area (Å²) in [6, 6.07) is 0. The Balaban J connectivity index is 3.60. The molecule has 0 fully saturated rings. The molecule has 0 bridgehead atoms. The smallest absolute Gasteiger partial charge is 0.407 e. The SMILES string of the molecule is CC(C)CCCOCCOCCNC(=O)OCCC(C)(C)SSC(C)OCCCCOC(C)C. The molecule has 1 unspecified atom stereocenters. The number of hydrogen-bond donors (Lipinski definition) is 1. The monoisotopic (exact) mass is 525 g/mol. The van der Waals surface area contributed by atoms with E-state index < -0.39 is 6.09 Å². The van der Waals surface area contributed by atoms with Gasteiger partial charge in [-0.25, -0.2) is 4.79 Å². The first-order valence-electron chi connectivity index (χ1n) is 12.8. The van der Waals surface area contributed by atoms with Gasteiger partial charge in [0, 0.05) is 31.1 Å². The largest absolute Gasteiger partial charge is 0.450 e. The lowest BCUT2D eigenvalue weighted by atomic mass is 10.1. The van der Waals surface area contributed by atoms with Crippen LogP contribution in [0.2, 0.25) is 0 Å². The van der Waals surface area contributed by atoms with Crippen molar-refractivity contribution in [2.24, 2.45) is 5.92 Å². The van der Waals surface area contributed by atoms with Gasteiger partial charge < -0.3 is 29.0 Å². The number of rotatable bonds is 23. The number of alkyl carbamates (subject to hydrolysis) is 1. The topological polar surface area (TPSA) is 75.3 Å². The highest BCUT2D eigenvalue weighted by molar-refractivity contribution is 8.77. The van der Waals surface area contributed by atoms with Crippen LogP contribution >= 0.6 is 21.6 Å². The minimum absolute atomic E-state index is 0.0219. The average Bonchev–Trinajstić information content (AvgIpc) is 2.75. The maximum atomic E-state index is 11.8. The summed E-state index contributed by atoms with van der Waals surface area (Å²) in [6.07, 6.45) is 4.95. The van der Waals surface area contributed by atoms with Crippen molar-refractivity contribution >= 4 is 27.7 Å². The molecule has 0 heterocycles. The number of hydrogen-bond acceptors (Lipinski definition) is 8. The van der Waals surface area contributed by atoms with E-state index >= 15 is 0 Å². The molecule has 0 saturated heterocycles. The van der Waals surface area contributed by atoms with Crippen molar-refractivity contribution in [3.05, 3.63) is 0 Å². The number of carbonyl (C=O) groups is 1. The Bertz CT molecular complexity index is 480. The van der Waals surface area contributed by atoms with Crippen molar-refractivity contribution in [1.82, 2.24) is 5.32 Å². The minimum atomic E-state index is -0.403. The molecule has 1 atom stereocenters. The average molecular weight is 526 g/mol. The van der Waals surface area contributed by atoms with E-state index in [1.54, 1.807) is 21.6 Å². The highest BCUT2D eigenvalue weighted by Crippen LogP contribution is 2.40. The summed E-state index contributed by atoms with van der Waals surface area (Å²) in [7, 11) is 3.49. The predicted octanol–water partition coefficient (Wildman–Crippen LogP) is 6.30. The number of ether oxygens (including phenoxy) is 5. The maximum absolute atomic E-state index is 11.8. The van der Waals surface area contributed by atoms with Gasteiger partial charge in [-0.1, -0.05) is 35.4 Å². The summed E-state index contributed by atoms with van der Waals surface area (Å²) in [5.74, 6) is 0.716. The maximum Gasteiger partial charge on any atom is 0.407 e. The Morgan fingerprint density at radius 2 is 1.47 bits per heavy atom. The zero-order valence-corrected chi connectivity index (χ0v) is 24.3. The zero-order chi connectivity index (χ0) is 25.7. The standard InChI is InChI=1S/C25H51NO6S2/c1-21(2)11-10-14-28-19-20-29-18-13-26-24(27)32-17-12-25(6,7)34-33-23(5)31-16-9-8-15-30-22(3)4/h21-23H,8-20H2,1-7H3,(H,26,27). The number of amides is 1. The van der Waals surface area contributed by atoms with E-state index in [1.807, 2.05) is 0 Å². The van der Waals surface area contributed by atoms with Gasteiger partial charge in [0.15, 0.2) is 0 Å². The molecule has 1 N–H and O–H groups in total. The second kappa shape index (κ2) is 22.0. The molecule has 0 aromatic carbocycles. The zero-order valence-electron chi connectivity index (χ0n) is 22.7. The number of nitrogens with one attached hydrogen (secondary N) is 1. The highest BCUT2D eigenvalue weighted by Gasteiger charge is 2.21. The van der Waals surface area contributed by atoms with Gasteiger partial charge >= 0.3 is 6.09 Å². The summed E-state index contributed by atoms with van der Waals surface area (Å²) in [4.78, 5) is 11.8. The Morgan fingerprint density at radius 3 is 2.12 bits per heavy atom. The molecule has 0 rings (SSSR count). The summed E-state index contributed by atoms with van der Waals surface area (Å²) in [5, 5.41) is 2.72. The molecule has 0 aromatic heterocycles. The van der Waals surface area contributed by atoms with Crippen LogP contribution in [-0.2, 0) is 23.7 Å². The minimum Gasteiger partial charge on any atom is -0.450 e. The first kappa shape index (κ1) is 33.8. The van der Waals surface area contributed by atoms with E-state index in [-0.39, 0.29) is 16.3 Å². The molecule has 0 aliphatic rings. The van der Waals surface area contributed by atoms with Gasteiger partial charge in [-0.3, -0.25) is 0 Å². The van der Waals surface area contributed by atoms with Crippen LogP contribution in [0.5, 0.6) is 0 Å². The van der Waals surface area contributed by atoms with E-state index in [0.29, 0.717) is 38.9 Å². The fourth-order valence-corrected chi connectivity index (χ4v) is 4.94. The number of unbranched alkanes of at least 4 members (excludes halogenated alkanes) is 1. The first-order chi connectivity index (χ1) is 16.1. The van der Waals surface area contributed by atoms with Gasteiger partial charge in [-0.2, -0.15) is 0 Å². The Morgan fingerprint density at radius 1 is 0.824 bits per heavy atom. The van der Waals surface area contributed by atoms with Gasteiger partial charge in [-0.15, -0.1) is 0 Å². The first-order valence-corrected chi connectivity index (χ1v) is 15.0. The molecule has 0 radical (unpaired) electrons. The molecule has 0 aliphatic carbocycles. The van der Waals surface area contributed by atoms with Crippen molar-refractivity contribution in [2.75, 3.05) is 52.8 Å². The molecule has 0 aromatic rings. The summed E-state index contributed by atoms with van der Waals surface area (Å²) in [6.45, 7) is 19.6. The van der Waals surface area contributed by atoms with Crippen molar-refractivity contribution < 1.29 is 28.5 Å². The molecule has 34 heavy (non-hydrogen) atoms. The van der Waals surface area contributed by atoms with Gasteiger partial charge in [0.05, 0.1) is 32.5 Å². The van der Waals surface area contributed by atoms with E-state index in [4.69, 9.17) is 23.7 Å². The third-order valence-electron chi connectivity index (χ3n) is 4.65. The van der Waals surface area contributed by atoms with E-state index in [9.17, 15) is 4.79 Å². The van der Waals surface area contributed by atoms with Gasteiger partial charge in [0.1, 0.15) is 5.44 Å². The van der Waals surface area contributed by atoms with Gasteiger partial charge in [0.2, 0.25) is 0 Å². The molecule has 0 saturated carbocycles. The summed E-state index contributed by atoms with van der Waals surface area (Å²) >= 11 is 0. The Labute approximate surface area is 216 Å². The lowest BCUT2D eigenvalue weighted by molar-refractivity contribution is 0.0462. The fraction of sp³-hybridized carbons (Fsp3) is 0.960. The highest BCUT2D eigenvalue weighted by atomic mass is 33.1. The van der Waals surface area contributed by atoms with Gasteiger partial charge in [0.25, 0.3) is 0 Å². The third kappa shape index (κ3) is 24.9. The van der Waals surface area contributed by atoms with Gasteiger partial charge in [-0.05, 0) is 72.6 Å². The molecule has 1 amide bonds. The van der Waals surface area contributed by atoms with Crippen LogP contribution in [-0.4, -0.2) is 75.2 Å².